The molecule has 0 N–H and O–H groups in total. The average Bonchev–Trinajstić information content (AvgIpc) is 2.32. The highest BCUT2D eigenvalue weighted by Crippen LogP contribution is 2.35. The van der Waals surface area contributed by atoms with Gasteiger partial charge in [0.1, 0.15) is 0 Å². The first kappa shape index (κ1) is 13.1. The Bertz CT molecular complexity index is 534. The molecule has 0 heterocycles. The smallest absolute Gasteiger partial charge is 0.0657 e. The molecule has 0 saturated carbocycles. The SMILES string of the molecule is Cc1ccc(C)c(C(Br)c2ccccc2I)c1. The van der Waals surface area contributed by atoms with Crippen LogP contribution in [0.2, 0.25) is 0 Å². The normalized spacial score (nSPS) is 12.5. The molecule has 2 aromatic carbocycles. The minimum Gasteiger partial charge on any atom is -0.0786 e. The van der Waals surface area contributed by atoms with E-state index in [-0.39, 0.29) is 4.83 Å². The third-order valence-corrected chi connectivity index (χ3v) is 4.85. The molecule has 0 spiro atoms. The van der Waals surface area contributed by atoms with E-state index in [0.29, 0.717) is 0 Å². The van der Waals surface area contributed by atoms with Crippen LogP contribution in [0, 0.1) is 17.4 Å². The van der Waals surface area contributed by atoms with Crippen LogP contribution >= 0.6 is 38.5 Å². The van der Waals surface area contributed by atoms with Gasteiger partial charge in [0.25, 0.3) is 0 Å². The van der Waals surface area contributed by atoms with E-state index in [9.17, 15) is 0 Å². The molecule has 0 amide bonds. The fourth-order valence-electron chi connectivity index (χ4n) is 1.88. The van der Waals surface area contributed by atoms with Gasteiger partial charge < -0.3 is 0 Å². The Morgan fingerprint density at radius 1 is 1.00 bits per heavy atom. The van der Waals surface area contributed by atoms with E-state index in [2.05, 4.69) is 94.8 Å². The van der Waals surface area contributed by atoms with Gasteiger partial charge >= 0.3 is 0 Å². The summed E-state index contributed by atoms with van der Waals surface area (Å²) in [6.45, 7) is 4.30. The molecule has 2 heteroatoms. The molecule has 2 aromatic rings. The largest absolute Gasteiger partial charge is 0.0786 e. The summed E-state index contributed by atoms with van der Waals surface area (Å²) in [7, 11) is 0. The van der Waals surface area contributed by atoms with Gasteiger partial charge in [-0.2, -0.15) is 0 Å². The zero-order valence-electron chi connectivity index (χ0n) is 9.87. The van der Waals surface area contributed by atoms with Crippen LogP contribution < -0.4 is 0 Å². The highest BCUT2D eigenvalue weighted by Gasteiger charge is 2.14. The van der Waals surface area contributed by atoms with Crippen molar-refractivity contribution >= 4 is 38.5 Å². The van der Waals surface area contributed by atoms with Gasteiger partial charge in [0, 0.05) is 3.57 Å². The summed E-state index contributed by atoms with van der Waals surface area (Å²) in [4.78, 5) is 0.274. The van der Waals surface area contributed by atoms with Gasteiger partial charge in [-0.25, -0.2) is 0 Å². The van der Waals surface area contributed by atoms with Crippen LogP contribution in [0.15, 0.2) is 42.5 Å². The van der Waals surface area contributed by atoms with E-state index in [0.717, 1.165) is 0 Å². The molecule has 0 aromatic heterocycles. The van der Waals surface area contributed by atoms with Crippen LogP contribution in [-0.4, -0.2) is 0 Å². The first-order valence-corrected chi connectivity index (χ1v) is 7.54. The minimum absolute atomic E-state index is 0.274. The van der Waals surface area contributed by atoms with Crippen LogP contribution in [0.5, 0.6) is 0 Å². The molecule has 17 heavy (non-hydrogen) atoms. The lowest BCUT2D eigenvalue weighted by Gasteiger charge is -2.15. The second kappa shape index (κ2) is 5.53. The van der Waals surface area contributed by atoms with Crippen molar-refractivity contribution in [2.45, 2.75) is 18.7 Å². The molecule has 0 nitrogen and oxygen atoms in total. The summed E-state index contributed by atoms with van der Waals surface area (Å²) in [5.74, 6) is 0. The number of benzene rings is 2. The van der Waals surface area contributed by atoms with Crippen LogP contribution in [0.3, 0.4) is 0 Å². The van der Waals surface area contributed by atoms with Crippen molar-refractivity contribution in [3.63, 3.8) is 0 Å². The lowest BCUT2D eigenvalue weighted by Crippen LogP contribution is -1.98. The molecule has 1 atom stereocenters. The molecule has 0 aliphatic rings. The number of hydrogen-bond donors (Lipinski definition) is 0. The molecule has 0 saturated heterocycles. The Kier molecular flexibility index (Phi) is 4.26. The Hall–Kier alpha value is -0.350. The van der Waals surface area contributed by atoms with Gasteiger partial charge in [0.2, 0.25) is 0 Å². The Morgan fingerprint density at radius 3 is 2.41 bits per heavy atom. The van der Waals surface area contributed by atoms with Gasteiger partial charge in [0.05, 0.1) is 4.83 Å². The van der Waals surface area contributed by atoms with Crippen LogP contribution in [0.4, 0.5) is 0 Å². The topological polar surface area (TPSA) is 0 Å². The predicted molar refractivity (Wildman–Crippen MR) is 85.8 cm³/mol. The molecule has 0 aliphatic carbocycles. The summed E-state index contributed by atoms with van der Waals surface area (Å²) in [6, 6.07) is 15.1. The highest BCUT2D eigenvalue weighted by molar-refractivity contribution is 14.1. The molecule has 2 rings (SSSR count). The summed E-state index contributed by atoms with van der Waals surface area (Å²) in [5.41, 5.74) is 5.33. The van der Waals surface area contributed by atoms with Crippen molar-refractivity contribution in [1.29, 1.82) is 0 Å². The van der Waals surface area contributed by atoms with Gasteiger partial charge in [-0.3, -0.25) is 0 Å². The van der Waals surface area contributed by atoms with Crippen molar-refractivity contribution in [1.82, 2.24) is 0 Å². The van der Waals surface area contributed by atoms with E-state index in [1.54, 1.807) is 0 Å². The second-order valence-electron chi connectivity index (χ2n) is 4.24. The molecule has 0 radical (unpaired) electrons. The van der Waals surface area contributed by atoms with Crippen molar-refractivity contribution in [2.24, 2.45) is 0 Å². The Balaban J connectivity index is 2.47. The number of rotatable bonds is 2. The van der Waals surface area contributed by atoms with E-state index >= 15 is 0 Å². The van der Waals surface area contributed by atoms with Gasteiger partial charge in [-0.05, 0) is 59.2 Å². The minimum atomic E-state index is 0.274. The van der Waals surface area contributed by atoms with E-state index in [4.69, 9.17) is 0 Å². The maximum atomic E-state index is 3.83. The van der Waals surface area contributed by atoms with E-state index < -0.39 is 0 Å². The van der Waals surface area contributed by atoms with Crippen molar-refractivity contribution < 1.29 is 0 Å². The highest BCUT2D eigenvalue weighted by atomic mass is 127. The number of hydrogen-bond acceptors (Lipinski definition) is 0. The monoisotopic (exact) mass is 400 g/mol. The van der Waals surface area contributed by atoms with Crippen LogP contribution in [0.1, 0.15) is 27.1 Å². The van der Waals surface area contributed by atoms with Gasteiger partial charge in [-0.15, -0.1) is 0 Å². The molecular weight excluding hydrogens is 387 g/mol. The first-order valence-electron chi connectivity index (χ1n) is 5.55. The zero-order valence-corrected chi connectivity index (χ0v) is 13.6. The lowest BCUT2D eigenvalue weighted by molar-refractivity contribution is 1.12. The van der Waals surface area contributed by atoms with Gasteiger partial charge in [-0.1, -0.05) is 57.9 Å². The van der Waals surface area contributed by atoms with E-state index in [1.807, 2.05) is 0 Å². The lowest BCUT2D eigenvalue weighted by atomic mass is 9.98. The predicted octanol–water partition coefficient (Wildman–Crippen LogP) is 5.39. The van der Waals surface area contributed by atoms with Crippen LogP contribution in [-0.2, 0) is 0 Å². The van der Waals surface area contributed by atoms with Crippen molar-refractivity contribution in [2.75, 3.05) is 0 Å². The van der Waals surface area contributed by atoms with Crippen LogP contribution in [0.25, 0.3) is 0 Å². The van der Waals surface area contributed by atoms with Crippen molar-refractivity contribution in [3.05, 3.63) is 68.3 Å². The number of aryl methyl sites for hydroxylation is 2. The Labute approximate surface area is 125 Å². The molecule has 0 bridgehead atoms. The average molecular weight is 401 g/mol. The van der Waals surface area contributed by atoms with Gasteiger partial charge in [0.15, 0.2) is 0 Å². The fraction of sp³-hybridized carbons (Fsp3) is 0.200. The third-order valence-electron chi connectivity index (χ3n) is 2.89. The zero-order chi connectivity index (χ0) is 12.4. The van der Waals surface area contributed by atoms with Crippen molar-refractivity contribution in [3.8, 4) is 0 Å². The Morgan fingerprint density at radius 2 is 1.71 bits per heavy atom. The summed E-state index contributed by atoms with van der Waals surface area (Å²) < 4.78 is 1.30. The third kappa shape index (κ3) is 2.91. The fourth-order valence-corrected chi connectivity index (χ4v) is 3.90. The maximum absolute atomic E-state index is 3.83. The number of halogens is 2. The summed E-state index contributed by atoms with van der Waals surface area (Å²) in [6.07, 6.45) is 0. The standard InChI is InChI=1S/C15H14BrI/c1-10-7-8-11(2)13(9-10)15(16)12-5-3-4-6-14(12)17/h3-9,15H,1-2H3. The summed E-state index contributed by atoms with van der Waals surface area (Å²) >= 11 is 6.22. The molecular formula is C15H14BrI. The quantitative estimate of drug-likeness (QED) is 0.468. The molecule has 88 valence electrons. The molecule has 1 unspecified atom stereocenters. The maximum Gasteiger partial charge on any atom is 0.0657 e. The van der Waals surface area contributed by atoms with E-state index in [1.165, 1.54) is 25.8 Å². The second-order valence-corrected chi connectivity index (χ2v) is 6.32. The first-order chi connectivity index (χ1) is 8.09. The molecule has 0 aliphatic heterocycles. The summed E-state index contributed by atoms with van der Waals surface area (Å²) in [5, 5.41) is 0. The number of alkyl halides is 1. The molecule has 0 fully saturated rings.